The molecule has 1 fully saturated rings. The molecule has 1 aliphatic heterocycles. The van der Waals surface area contributed by atoms with Crippen molar-refractivity contribution >= 4 is 29.2 Å². The van der Waals surface area contributed by atoms with Crippen LogP contribution in [0.5, 0.6) is 0 Å². The number of amides is 4. The summed E-state index contributed by atoms with van der Waals surface area (Å²) in [6.07, 6.45) is -0.223. The highest BCUT2D eigenvalue weighted by Gasteiger charge is 2.44. The largest absolute Gasteiger partial charge is 0.322 e. The number of rotatable bonds is 5. The van der Waals surface area contributed by atoms with Crippen molar-refractivity contribution in [3.63, 3.8) is 0 Å². The Bertz CT molecular complexity index is 1140. The molecule has 1 unspecified atom stereocenters. The summed E-state index contributed by atoms with van der Waals surface area (Å²) in [7, 11) is 0. The molecule has 0 aromatic heterocycles. The molecule has 1 saturated heterocycles. The highest BCUT2D eigenvalue weighted by molar-refractivity contribution is 6.23. The summed E-state index contributed by atoms with van der Waals surface area (Å²) in [5.41, 5.74) is 1.35. The first-order valence-electron chi connectivity index (χ1n) is 9.92. The molecule has 162 valence electrons. The quantitative estimate of drug-likeness (QED) is 0.607. The average molecular weight is 435 g/mol. The Morgan fingerprint density at radius 3 is 2.12 bits per heavy atom. The molecule has 3 aromatic carbocycles. The lowest BCUT2D eigenvalue weighted by molar-refractivity contribution is -0.122. The summed E-state index contributed by atoms with van der Waals surface area (Å²) in [5.74, 6) is -2.01. The minimum absolute atomic E-state index is 0.0140. The van der Waals surface area contributed by atoms with Crippen LogP contribution in [-0.4, -0.2) is 28.8 Å². The first-order valence-corrected chi connectivity index (χ1v) is 9.92. The first kappa shape index (κ1) is 21.2. The van der Waals surface area contributed by atoms with Crippen molar-refractivity contribution < 1.29 is 23.2 Å². The van der Waals surface area contributed by atoms with Gasteiger partial charge in [-0.3, -0.25) is 9.59 Å². The summed E-state index contributed by atoms with van der Waals surface area (Å²) < 4.78 is 26.6. The highest BCUT2D eigenvalue weighted by atomic mass is 19.1. The second-order valence-electron chi connectivity index (χ2n) is 7.31. The Labute approximate surface area is 183 Å². The molecule has 3 aromatic rings. The fraction of sp³-hybridized carbons (Fsp3) is 0.125. The maximum absolute atomic E-state index is 13.3. The minimum Gasteiger partial charge on any atom is -0.308 e. The molecular formula is C24H19F2N3O3. The summed E-state index contributed by atoms with van der Waals surface area (Å²) in [6, 6.07) is 17.6. The highest BCUT2D eigenvalue weighted by Crippen LogP contribution is 2.27. The van der Waals surface area contributed by atoms with Gasteiger partial charge in [-0.05, 0) is 54.1 Å². The molecule has 4 rings (SSSR count). The number of hydrogen-bond acceptors (Lipinski definition) is 3. The SMILES string of the molecule is O=C1CC(N(Cc2ccc(F)cc2)C(=O)Nc2ccccc2)C(=O)N1c1ccc(F)cc1. The smallest absolute Gasteiger partial charge is 0.308 e. The molecule has 6 nitrogen and oxygen atoms in total. The predicted octanol–water partition coefficient (Wildman–Crippen LogP) is 4.33. The van der Waals surface area contributed by atoms with Crippen LogP contribution in [0.4, 0.5) is 25.0 Å². The van der Waals surface area contributed by atoms with E-state index in [4.69, 9.17) is 0 Å². The van der Waals surface area contributed by atoms with Gasteiger partial charge in [-0.1, -0.05) is 30.3 Å². The number of benzene rings is 3. The zero-order valence-corrected chi connectivity index (χ0v) is 16.9. The molecule has 0 aliphatic carbocycles. The van der Waals surface area contributed by atoms with Crippen molar-refractivity contribution in [3.8, 4) is 0 Å². The molecule has 0 bridgehead atoms. The van der Waals surface area contributed by atoms with Crippen LogP contribution in [0.1, 0.15) is 12.0 Å². The van der Waals surface area contributed by atoms with Gasteiger partial charge in [0.1, 0.15) is 17.7 Å². The molecule has 1 atom stereocenters. The van der Waals surface area contributed by atoms with Gasteiger partial charge in [-0.25, -0.2) is 18.5 Å². The van der Waals surface area contributed by atoms with E-state index < -0.39 is 35.5 Å². The topological polar surface area (TPSA) is 69.7 Å². The number of nitrogens with one attached hydrogen (secondary N) is 1. The van der Waals surface area contributed by atoms with Gasteiger partial charge in [-0.15, -0.1) is 0 Å². The lowest BCUT2D eigenvalue weighted by Gasteiger charge is -2.28. The number of carbonyl (C=O) groups is 3. The van der Waals surface area contributed by atoms with E-state index in [1.807, 2.05) is 0 Å². The Morgan fingerprint density at radius 2 is 1.50 bits per heavy atom. The number of anilines is 2. The Kier molecular flexibility index (Phi) is 5.93. The van der Waals surface area contributed by atoms with Crippen LogP contribution < -0.4 is 10.2 Å². The summed E-state index contributed by atoms with van der Waals surface area (Å²) in [6.45, 7) is -0.0140. The van der Waals surface area contributed by atoms with Crippen molar-refractivity contribution in [1.82, 2.24) is 4.90 Å². The summed E-state index contributed by atoms with van der Waals surface area (Å²) in [5, 5.41) is 2.73. The fourth-order valence-electron chi connectivity index (χ4n) is 3.55. The zero-order valence-electron chi connectivity index (χ0n) is 16.9. The van der Waals surface area contributed by atoms with Crippen LogP contribution in [0.15, 0.2) is 78.9 Å². The van der Waals surface area contributed by atoms with Crippen LogP contribution >= 0.6 is 0 Å². The number of para-hydroxylation sites is 1. The third-order valence-corrected chi connectivity index (χ3v) is 5.14. The van der Waals surface area contributed by atoms with Crippen LogP contribution in [0, 0.1) is 11.6 Å². The maximum Gasteiger partial charge on any atom is 0.322 e. The van der Waals surface area contributed by atoms with E-state index in [-0.39, 0.29) is 18.7 Å². The predicted molar refractivity (Wildman–Crippen MR) is 115 cm³/mol. The van der Waals surface area contributed by atoms with Crippen LogP contribution in [0.25, 0.3) is 0 Å². The number of nitrogens with zero attached hydrogens (tertiary/aromatic N) is 2. The number of carbonyl (C=O) groups excluding carboxylic acids is 3. The number of urea groups is 1. The third-order valence-electron chi connectivity index (χ3n) is 5.14. The van der Waals surface area contributed by atoms with Gasteiger partial charge in [0, 0.05) is 12.2 Å². The van der Waals surface area contributed by atoms with E-state index >= 15 is 0 Å². The molecule has 1 heterocycles. The monoisotopic (exact) mass is 435 g/mol. The molecule has 0 saturated carbocycles. The van der Waals surface area contributed by atoms with Gasteiger partial charge in [0.25, 0.3) is 5.91 Å². The van der Waals surface area contributed by atoms with Gasteiger partial charge < -0.3 is 10.2 Å². The normalized spacial score (nSPS) is 15.7. The average Bonchev–Trinajstić information content (AvgIpc) is 3.08. The van der Waals surface area contributed by atoms with Crippen molar-refractivity contribution in [2.45, 2.75) is 19.0 Å². The van der Waals surface area contributed by atoms with Gasteiger partial charge in [0.15, 0.2) is 0 Å². The van der Waals surface area contributed by atoms with E-state index in [1.165, 1.54) is 41.3 Å². The second-order valence-corrected chi connectivity index (χ2v) is 7.31. The maximum atomic E-state index is 13.3. The van der Waals surface area contributed by atoms with Crippen molar-refractivity contribution in [3.05, 3.63) is 96.1 Å². The molecule has 32 heavy (non-hydrogen) atoms. The molecule has 0 radical (unpaired) electrons. The molecule has 8 heteroatoms. The molecular weight excluding hydrogens is 416 g/mol. The standard InChI is InChI=1S/C24H19F2N3O3/c25-17-8-6-16(7-9-17)15-28(24(32)27-19-4-2-1-3-5-19)21-14-22(30)29(23(21)31)20-12-10-18(26)11-13-20/h1-13,21H,14-15H2,(H,27,32). The molecule has 1 N–H and O–H groups in total. The van der Waals surface area contributed by atoms with Crippen molar-refractivity contribution in [2.75, 3.05) is 10.2 Å². The Hall–Kier alpha value is -4.07. The fourth-order valence-corrected chi connectivity index (χ4v) is 3.55. The third kappa shape index (κ3) is 4.49. The zero-order chi connectivity index (χ0) is 22.7. The van der Waals surface area contributed by atoms with Gasteiger partial charge in [-0.2, -0.15) is 0 Å². The van der Waals surface area contributed by atoms with Gasteiger partial charge >= 0.3 is 6.03 Å². The minimum atomic E-state index is -1.07. The van der Waals surface area contributed by atoms with E-state index in [1.54, 1.807) is 30.3 Å². The van der Waals surface area contributed by atoms with E-state index in [0.717, 1.165) is 17.0 Å². The van der Waals surface area contributed by atoms with E-state index in [2.05, 4.69) is 5.32 Å². The number of halogens is 2. The molecule has 0 spiro atoms. The van der Waals surface area contributed by atoms with Crippen LogP contribution in [-0.2, 0) is 16.1 Å². The lowest BCUT2D eigenvalue weighted by Crippen LogP contribution is -2.46. The Morgan fingerprint density at radius 1 is 0.906 bits per heavy atom. The van der Waals surface area contributed by atoms with E-state index in [9.17, 15) is 23.2 Å². The van der Waals surface area contributed by atoms with Crippen LogP contribution in [0.3, 0.4) is 0 Å². The second kappa shape index (κ2) is 8.97. The number of hydrogen-bond donors (Lipinski definition) is 1. The van der Waals surface area contributed by atoms with Crippen LogP contribution in [0.2, 0.25) is 0 Å². The molecule has 1 aliphatic rings. The van der Waals surface area contributed by atoms with Gasteiger partial charge in [0.05, 0.1) is 12.1 Å². The first-order chi connectivity index (χ1) is 15.4. The Balaban J connectivity index is 1.63. The lowest BCUT2D eigenvalue weighted by atomic mass is 10.1. The summed E-state index contributed by atoms with van der Waals surface area (Å²) >= 11 is 0. The van der Waals surface area contributed by atoms with Gasteiger partial charge in [0.2, 0.25) is 5.91 Å². The molecule has 4 amide bonds. The van der Waals surface area contributed by atoms with Crippen molar-refractivity contribution in [2.24, 2.45) is 0 Å². The summed E-state index contributed by atoms with van der Waals surface area (Å²) in [4.78, 5) is 41.2. The van der Waals surface area contributed by atoms with E-state index in [0.29, 0.717) is 11.3 Å². The van der Waals surface area contributed by atoms with Crippen molar-refractivity contribution in [1.29, 1.82) is 0 Å². The number of imide groups is 1.